The molecule has 2 saturated heterocycles. The van der Waals surface area contributed by atoms with E-state index in [4.69, 9.17) is 4.74 Å². The summed E-state index contributed by atoms with van der Waals surface area (Å²) in [5.74, 6) is 0.251. The van der Waals surface area contributed by atoms with Gasteiger partial charge in [0.05, 0.1) is 12.2 Å². The van der Waals surface area contributed by atoms with Crippen LogP contribution in [0.4, 0.5) is 0 Å². The van der Waals surface area contributed by atoms with Crippen molar-refractivity contribution in [3.63, 3.8) is 0 Å². The topological polar surface area (TPSA) is 99.2 Å². The molecule has 1 unspecified atom stereocenters. The number of rotatable bonds is 5. The summed E-state index contributed by atoms with van der Waals surface area (Å²) in [7, 11) is 1.68. The maximum Gasteiger partial charge on any atom is 0.255 e. The third kappa shape index (κ3) is 4.63. The predicted molar refractivity (Wildman–Crippen MR) is 125 cm³/mol. The number of aliphatic hydroxyl groups excluding tert-OH is 1. The minimum atomic E-state index is -0.568. The molecule has 5 rings (SSSR count). The van der Waals surface area contributed by atoms with Gasteiger partial charge in [-0.2, -0.15) is 0 Å². The summed E-state index contributed by atoms with van der Waals surface area (Å²) in [6.07, 6.45) is 5.32. The molecule has 8 nitrogen and oxygen atoms in total. The van der Waals surface area contributed by atoms with Crippen LogP contribution in [0.15, 0.2) is 18.2 Å². The molecule has 0 spiro atoms. The van der Waals surface area contributed by atoms with E-state index in [0.29, 0.717) is 30.4 Å². The smallest absolute Gasteiger partial charge is 0.255 e. The normalized spacial score (nSPS) is 31.0. The van der Waals surface area contributed by atoms with Gasteiger partial charge in [0.2, 0.25) is 11.8 Å². The van der Waals surface area contributed by atoms with Gasteiger partial charge >= 0.3 is 0 Å². The van der Waals surface area contributed by atoms with E-state index in [9.17, 15) is 19.5 Å². The summed E-state index contributed by atoms with van der Waals surface area (Å²) >= 11 is 0. The molecule has 34 heavy (non-hydrogen) atoms. The molecule has 8 heteroatoms. The second kappa shape index (κ2) is 9.76. The summed E-state index contributed by atoms with van der Waals surface area (Å²) in [6, 6.07) is 5.58. The first-order valence-electron chi connectivity index (χ1n) is 12.6. The molecule has 3 aliphatic heterocycles. The Morgan fingerprint density at radius 2 is 1.88 bits per heavy atom. The number of piperidine rings is 2. The Morgan fingerprint density at radius 3 is 2.59 bits per heavy atom. The Balaban J connectivity index is 1.16. The van der Waals surface area contributed by atoms with E-state index in [2.05, 4.69) is 22.3 Å². The lowest BCUT2D eigenvalue weighted by Crippen LogP contribution is -2.52. The Morgan fingerprint density at radius 1 is 1.09 bits per heavy atom. The van der Waals surface area contributed by atoms with Crippen molar-refractivity contribution < 1.29 is 24.2 Å². The fourth-order valence-electron chi connectivity index (χ4n) is 6.31. The van der Waals surface area contributed by atoms with Gasteiger partial charge < -0.3 is 19.6 Å². The molecular formula is C26H35N3O5. The summed E-state index contributed by atoms with van der Waals surface area (Å²) in [6.45, 7) is 3.56. The van der Waals surface area contributed by atoms with Gasteiger partial charge in [-0.15, -0.1) is 0 Å². The molecule has 1 aromatic rings. The highest BCUT2D eigenvalue weighted by Gasteiger charge is 2.39. The average molecular weight is 470 g/mol. The van der Waals surface area contributed by atoms with E-state index in [1.165, 1.54) is 5.56 Å². The van der Waals surface area contributed by atoms with Gasteiger partial charge in [-0.05, 0) is 80.6 Å². The zero-order chi connectivity index (χ0) is 23.8. The number of ether oxygens (including phenoxy) is 1. The van der Waals surface area contributed by atoms with Gasteiger partial charge in [-0.25, -0.2) is 0 Å². The molecule has 0 aromatic heterocycles. The number of nitrogens with one attached hydrogen (secondary N) is 1. The summed E-state index contributed by atoms with van der Waals surface area (Å²) in [5, 5.41) is 12.6. The maximum absolute atomic E-state index is 12.9. The summed E-state index contributed by atoms with van der Waals surface area (Å²) in [4.78, 5) is 40.8. The third-order valence-corrected chi connectivity index (χ3v) is 8.29. The lowest BCUT2D eigenvalue weighted by molar-refractivity contribution is -0.136. The number of hydrogen-bond acceptors (Lipinski definition) is 6. The van der Waals surface area contributed by atoms with Crippen molar-refractivity contribution in [1.82, 2.24) is 15.1 Å². The number of imide groups is 1. The van der Waals surface area contributed by atoms with Crippen LogP contribution in [-0.2, 0) is 20.9 Å². The molecule has 0 radical (unpaired) electrons. The number of carbonyl (C=O) groups is 3. The maximum atomic E-state index is 12.9. The Hall–Kier alpha value is -2.29. The molecule has 2 N–H and O–H groups in total. The van der Waals surface area contributed by atoms with E-state index >= 15 is 0 Å². The number of nitrogens with zero attached hydrogens (tertiary/aromatic N) is 2. The highest BCUT2D eigenvalue weighted by molar-refractivity contribution is 6.05. The van der Waals surface area contributed by atoms with Gasteiger partial charge in [0, 0.05) is 32.2 Å². The number of amides is 3. The molecule has 184 valence electrons. The average Bonchev–Trinajstić information content (AvgIpc) is 3.15. The molecule has 4 atom stereocenters. The fraction of sp³-hybridized carbons (Fsp3) is 0.654. The molecule has 3 fully saturated rings. The van der Waals surface area contributed by atoms with Crippen molar-refractivity contribution in [2.45, 2.75) is 75.7 Å². The SMILES string of the molecule is CO[C@@H]1CC[C@@H](CN2CCC(c3ccc4c(c3)CN(C3CCC(=O)NC3=O)C4=O)CC2)C[C@H]1O. The number of carbonyl (C=O) groups excluding carboxylic acids is 3. The number of fused-ring (bicyclic) bond motifs is 1. The number of methoxy groups -OCH3 is 1. The summed E-state index contributed by atoms with van der Waals surface area (Å²) in [5.41, 5.74) is 2.93. The molecular weight excluding hydrogens is 434 g/mol. The van der Waals surface area contributed by atoms with Crippen molar-refractivity contribution >= 4 is 17.7 Å². The van der Waals surface area contributed by atoms with Crippen LogP contribution in [0.3, 0.4) is 0 Å². The standard InChI is InChI=1S/C26H35N3O5/c1-34-23-6-2-16(12-22(23)30)14-28-10-8-17(9-11-28)18-3-4-20-19(13-18)15-29(26(20)33)21-5-7-24(31)27-25(21)32/h3-4,13,16-17,21-23,30H,2,5-12,14-15H2,1H3,(H,27,31,32)/t16-,21?,22-,23-/m1/s1. The van der Waals surface area contributed by atoms with E-state index in [1.54, 1.807) is 12.0 Å². The molecule has 3 amide bonds. The monoisotopic (exact) mass is 469 g/mol. The molecule has 1 aromatic carbocycles. The van der Waals surface area contributed by atoms with Crippen LogP contribution in [0.25, 0.3) is 0 Å². The zero-order valence-corrected chi connectivity index (χ0v) is 19.9. The van der Waals surface area contributed by atoms with E-state index < -0.39 is 6.04 Å². The Labute approximate surface area is 200 Å². The zero-order valence-electron chi connectivity index (χ0n) is 19.9. The van der Waals surface area contributed by atoms with Crippen molar-refractivity contribution in [3.05, 3.63) is 34.9 Å². The second-order valence-corrected chi connectivity index (χ2v) is 10.4. The third-order valence-electron chi connectivity index (χ3n) is 8.29. The van der Waals surface area contributed by atoms with E-state index in [-0.39, 0.29) is 36.4 Å². The number of likely N-dealkylation sites (tertiary alicyclic amines) is 1. The van der Waals surface area contributed by atoms with Crippen LogP contribution < -0.4 is 5.32 Å². The van der Waals surface area contributed by atoms with Crippen LogP contribution in [0.2, 0.25) is 0 Å². The second-order valence-electron chi connectivity index (χ2n) is 10.4. The molecule has 0 bridgehead atoms. The number of aliphatic hydroxyl groups is 1. The molecule has 1 saturated carbocycles. The first kappa shape index (κ1) is 23.5. The van der Waals surface area contributed by atoms with Gasteiger partial charge in [0.25, 0.3) is 5.91 Å². The summed E-state index contributed by atoms with van der Waals surface area (Å²) < 4.78 is 5.37. The highest BCUT2D eigenvalue weighted by Crippen LogP contribution is 2.34. The van der Waals surface area contributed by atoms with Crippen molar-refractivity contribution in [2.24, 2.45) is 5.92 Å². The lowest BCUT2D eigenvalue weighted by atomic mass is 9.83. The fourth-order valence-corrected chi connectivity index (χ4v) is 6.31. The molecule has 1 aliphatic carbocycles. The van der Waals surface area contributed by atoms with Crippen LogP contribution >= 0.6 is 0 Å². The number of benzene rings is 1. The van der Waals surface area contributed by atoms with Crippen LogP contribution in [-0.4, -0.2) is 77.6 Å². The van der Waals surface area contributed by atoms with Crippen LogP contribution in [0.1, 0.15) is 72.3 Å². The Kier molecular flexibility index (Phi) is 6.73. The van der Waals surface area contributed by atoms with E-state index in [0.717, 1.165) is 57.3 Å². The van der Waals surface area contributed by atoms with Crippen LogP contribution in [0, 0.1) is 5.92 Å². The molecule has 3 heterocycles. The quantitative estimate of drug-likeness (QED) is 0.638. The number of hydrogen-bond donors (Lipinski definition) is 2. The van der Waals surface area contributed by atoms with Crippen molar-refractivity contribution in [3.8, 4) is 0 Å². The van der Waals surface area contributed by atoms with Gasteiger partial charge in [0.1, 0.15) is 6.04 Å². The first-order chi connectivity index (χ1) is 16.4. The first-order valence-corrected chi connectivity index (χ1v) is 12.6. The lowest BCUT2D eigenvalue weighted by Gasteiger charge is -2.38. The van der Waals surface area contributed by atoms with Crippen molar-refractivity contribution in [2.75, 3.05) is 26.7 Å². The highest BCUT2D eigenvalue weighted by atomic mass is 16.5. The van der Waals surface area contributed by atoms with Crippen molar-refractivity contribution in [1.29, 1.82) is 0 Å². The minimum Gasteiger partial charge on any atom is -0.390 e. The van der Waals surface area contributed by atoms with Crippen LogP contribution in [0.5, 0.6) is 0 Å². The molecule has 4 aliphatic rings. The van der Waals surface area contributed by atoms with Gasteiger partial charge in [0.15, 0.2) is 0 Å². The Bertz CT molecular complexity index is 958. The van der Waals surface area contributed by atoms with Gasteiger partial charge in [-0.1, -0.05) is 12.1 Å². The van der Waals surface area contributed by atoms with E-state index in [1.807, 2.05) is 6.07 Å². The predicted octanol–water partition coefficient (Wildman–Crippen LogP) is 1.80. The van der Waals surface area contributed by atoms with Gasteiger partial charge in [-0.3, -0.25) is 19.7 Å². The minimum absolute atomic E-state index is 0.0143. The largest absolute Gasteiger partial charge is 0.390 e.